The van der Waals surface area contributed by atoms with Gasteiger partial charge in [-0.2, -0.15) is 0 Å². The average molecular weight is 334 g/mol. The number of rotatable bonds is 5. The van der Waals surface area contributed by atoms with Crippen molar-refractivity contribution >= 4 is 22.9 Å². The normalized spacial score (nSPS) is 11.3. The number of benzene rings is 2. The van der Waals surface area contributed by atoms with Crippen molar-refractivity contribution in [2.24, 2.45) is 0 Å². The van der Waals surface area contributed by atoms with E-state index in [0.29, 0.717) is 0 Å². The second-order valence-electron chi connectivity index (χ2n) is 5.43. The van der Waals surface area contributed by atoms with E-state index in [-0.39, 0.29) is 12.6 Å². The molecule has 1 aromatic heterocycles. The second-order valence-corrected chi connectivity index (χ2v) is 6.72. The van der Waals surface area contributed by atoms with E-state index < -0.39 is 0 Å². The zero-order valence-corrected chi connectivity index (χ0v) is 14.3. The average Bonchev–Trinajstić information content (AvgIpc) is 3.05. The molecule has 0 spiro atoms. The topological polar surface area (TPSA) is 26.3 Å². The van der Waals surface area contributed by atoms with E-state index in [9.17, 15) is 4.79 Å². The van der Waals surface area contributed by atoms with Gasteiger partial charge < -0.3 is 4.74 Å². The van der Waals surface area contributed by atoms with Gasteiger partial charge in [0.25, 0.3) is 0 Å². The molecule has 0 radical (unpaired) electrons. The summed E-state index contributed by atoms with van der Waals surface area (Å²) in [5, 5.41) is 0. The third-order valence-corrected chi connectivity index (χ3v) is 4.61. The molecule has 0 aliphatic carbocycles. The summed E-state index contributed by atoms with van der Waals surface area (Å²) in [4.78, 5) is 14.6. The summed E-state index contributed by atoms with van der Waals surface area (Å²) in [6.07, 6.45) is 1.59. The van der Waals surface area contributed by atoms with E-state index in [1.54, 1.807) is 17.4 Å². The Bertz CT molecular complexity index is 833. The summed E-state index contributed by atoms with van der Waals surface area (Å²) in [5.74, 6) is -0.330. The van der Waals surface area contributed by atoms with Crippen LogP contribution in [0, 0.1) is 6.92 Å². The van der Waals surface area contributed by atoms with Crippen LogP contribution in [-0.2, 0) is 16.1 Å². The highest BCUT2D eigenvalue weighted by Gasteiger charge is 2.10. The summed E-state index contributed by atoms with van der Waals surface area (Å²) < 4.78 is 5.40. The van der Waals surface area contributed by atoms with Crippen LogP contribution in [0.15, 0.2) is 78.9 Å². The van der Waals surface area contributed by atoms with E-state index >= 15 is 0 Å². The molecule has 1 heterocycles. The van der Waals surface area contributed by atoms with Gasteiger partial charge in [0.1, 0.15) is 6.61 Å². The highest BCUT2D eigenvalue weighted by Crippen LogP contribution is 2.29. The van der Waals surface area contributed by atoms with Crippen LogP contribution in [0.3, 0.4) is 0 Å². The number of hydrogen-bond donors (Lipinski definition) is 0. The monoisotopic (exact) mass is 334 g/mol. The van der Waals surface area contributed by atoms with Crippen LogP contribution in [0.1, 0.15) is 20.9 Å². The fraction of sp³-hybridized carbons (Fsp3) is 0.0952. The Morgan fingerprint density at radius 2 is 1.62 bits per heavy atom. The van der Waals surface area contributed by atoms with Crippen molar-refractivity contribution in [2.75, 3.05) is 0 Å². The maximum absolute atomic E-state index is 12.3. The first kappa shape index (κ1) is 16.2. The second kappa shape index (κ2) is 7.75. The van der Waals surface area contributed by atoms with Crippen LogP contribution in [0.25, 0.3) is 5.57 Å². The smallest absolute Gasteiger partial charge is 0.331 e. The molecule has 120 valence electrons. The van der Waals surface area contributed by atoms with Crippen LogP contribution < -0.4 is 0 Å². The van der Waals surface area contributed by atoms with E-state index in [0.717, 1.165) is 21.6 Å². The molecule has 24 heavy (non-hydrogen) atoms. The molecule has 0 atom stereocenters. The lowest BCUT2D eigenvalue weighted by Gasteiger charge is -2.07. The molecule has 0 saturated heterocycles. The summed E-state index contributed by atoms with van der Waals surface area (Å²) in [7, 11) is 0. The van der Waals surface area contributed by atoms with Crippen LogP contribution in [0.2, 0.25) is 0 Å². The minimum atomic E-state index is -0.330. The molecule has 0 amide bonds. The van der Waals surface area contributed by atoms with Crippen molar-refractivity contribution in [3.05, 3.63) is 99.8 Å². The van der Waals surface area contributed by atoms with Gasteiger partial charge in [-0.1, -0.05) is 60.7 Å². The Balaban J connectivity index is 1.82. The summed E-state index contributed by atoms with van der Waals surface area (Å²) in [5.41, 5.74) is 2.88. The Morgan fingerprint density at radius 1 is 0.958 bits per heavy atom. The van der Waals surface area contributed by atoms with Gasteiger partial charge in [-0.3, -0.25) is 0 Å². The molecule has 0 N–H and O–H groups in total. The van der Waals surface area contributed by atoms with Crippen molar-refractivity contribution in [1.82, 2.24) is 0 Å². The molecule has 3 aromatic rings. The van der Waals surface area contributed by atoms with E-state index in [1.807, 2.05) is 66.7 Å². The molecular weight excluding hydrogens is 316 g/mol. The molecular formula is C21H18O2S. The Hall–Kier alpha value is -2.65. The zero-order chi connectivity index (χ0) is 16.8. The van der Waals surface area contributed by atoms with Crippen LogP contribution in [-0.4, -0.2) is 5.97 Å². The van der Waals surface area contributed by atoms with Gasteiger partial charge in [0.15, 0.2) is 0 Å². The number of esters is 1. The standard InChI is InChI=1S/C21H18O2S/c1-16-12-13-20(24-16)19(18-10-6-3-7-11-18)14-21(22)23-15-17-8-4-2-5-9-17/h2-14H,15H2,1H3/b19-14+. The Kier molecular flexibility index (Phi) is 5.24. The lowest BCUT2D eigenvalue weighted by Crippen LogP contribution is -2.02. The van der Waals surface area contributed by atoms with Gasteiger partial charge in [0.05, 0.1) is 0 Å². The molecule has 0 bridgehead atoms. The van der Waals surface area contributed by atoms with Crippen molar-refractivity contribution in [2.45, 2.75) is 13.5 Å². The molecule has 0 aliphatic heterocycles. The molecule has 2 aromatic carbocycles. The fourth-order valence-electron chi connectivity index (χ4n) is 2.38. The molecule has 0 unspecified atom stereocenters. The minimum absolute atomic E-state index is 0.279. The van der Waals surface area contributed by atoms with Crippen LogP contribution in [0.5, 0.6) is 0 Å². The van der Waals surface area contributed by atoms with Crippen molar-refractivity contribution in [1.29, 1.82) is 0 Å². The predicted molar refractivity (Wildman–Crippen MR) is 98.8 cm³/mol. The third-order valence-electron chi connectivity index (χ3n) is 3.58. The molecule has 3 heteroatoms. The first-order valence-electron chi connectivity index (χ1n) is 7.77. The highest BCUT2D eigenvalue weighted by molar-refractivity contribution is 7.13. The molecule has 0 fully saturated rings. The summed E-state index contributed by atoms with van der Waals surface area (Å²) in [6.45, 7) is 2.34. The van der Waals surface area contributed by atoms with Crippen molar-refractivity contribution in [3.63, 3.8) is 0 Å². The Labute approximate surface area is 146 Å². The lowest BCUT2D eigenvalue weighted by molar-refractivity contribution is -0.138. The maximum atomic E-state index is 12.3. The largest absolute Gasteiger partial charge is 0.458 e. The number of hydrogen-bond acceptors (Lipinski definition) is 3. The van der Waals surface area contributed by atoms with Crippen LogP contribution in [0.4, 0.5) is 0 Å². The molecule has 0 saturated carbocycles. The first-order valence-corrected chi connectivity index (χ1v) is 8.58. The molecule has 3 rings (SSSR count). The van der Waals surface area contributed by atoms with Gasteiger partial charge in [0, 0.05) is 21.4 Å². The summed E-state index contributed by atoms with van der Waals surface area (Å²) in [6, 6.07) is 23.7. The third kappa shape index (κ3) is 4.21. The van der Waals surface area contributed by atoms with Crippen LogP contribution >= 0.6 is 11.3 Å². The number of carbonyl (C=O) groups excluding carboxylic acids is 1. The zero-order valence-electron chi connectivity index (χ0n) is 13.4. The number of ether oxygens (including phenoxy) is 1. The van der Waals surface area contributed by atoms with Gasteiger partial charge in [-0.15, -0.1) is 11.3 Å². The minimum Gasteiger partial charge on any atom is -0.458 e. The quantitative estimate of drug-likeness (QED) is 0.471. The SMILES string of the molecule is Cc1ccc(/C(=C/C(=O)OCc2ccccc2)c2ccccc2)s1. The van der Waals surface area contributed by atoms with Gasteiger partial charge >= 0.3 is 5.97 Å². The van der Waals surface area contributed by atoms with Gasteiger partial charge in [-0.05, 0) is 30.2 Å². The molecule has 0 aliphatic rings. The van der Waals surface area contributed by atoms with E-state index in [4.69, 9.17) is 4.74 Å². The number of carbonyl (C=O) groups is 1. The highest BCUT2D eigenvalue weighted by atomic mass is 32.1. The number of thiophene rings is 1. The van der Waals surface area contributed by atoms with Gasteiger partial charge in [0.2, 0.25) is 0 Å². The van der Waals surface area contributed by atoms with Crippen molar-refractivity contribution in [3.8, 4) is 0 Å². The van der Waals surface area contributed by atoms with E-state index in [1.165, 1.54) is 4.88 Å². The molecule has 2 nitrogen and oxygen atoms in total. The predicted octanol–water partition coefficient (Wildman–Crippen LogP) is 5.23. The van der Waals surface area contributed by atoms with E-state index in [2.05, 4.69) is 13.0 Å². The lowest BCUT2D eigenvalue weighted by atomic mass is 10.0. The fourth-order valence-corrected chi connectivity index (χ4v) is 3.29. The van der Waals surface area contributed by atoms with Crippen molar-refractivity contribution < 1.29 is 9.53 Å². The van der Waals surface area contributed by atoms with Gasteiger partial charge in [-0.25, -0.2) is 4.79 Å². The Morgan fingerprint density at radius 3 is 2.25 bits per heavy atom. The number of aryl methyl sites for hydroxylation is 1. The summed E-state index contributed by atoms with van der Waals surface area (Å²) >= 11 is 1.67. The maximum Gasteiger partial charge on any atom is 0.331 e. The first-order chi connectivity index (χ1) is 11.7.